The highest BCUT2D eigenvalue weighted by atomic mass is 16.5. The van der Waals surface area contributed by atoms with Crippen LogP contribution >= 0.6 is 0 Å². The first kappa shape index (κ1) is 56.2. The summed E-state index contributed by atoms with van der Waals surface area (Å²) < 4.78 is 21.2. The normalized spacial score (nSPS) is 12.2. The molecule has 0 saturated heterocycles. The van der Waals surface area contributed by atoms with Crippen molar-refractivity contribution in [1.82, 2.24) is 10.6 Å². The van der Waals surface area contributed by atoms with Gasteiger partial charge < -0.3 is 44.9 Å². The van der Waals surface area contributed by atoms with Gasteiger partial charge in [0.1, 0.15) is 30.8 Å². The summed E-state index contributed by atoms with van der Waals surface area (Å²) in [6.45, 7) is 5.30. The fraction of sp³-hybridized carbons (Fsp3) is 0.814. The predicted molar refractivity (Wildman–Crippen MR) is 221 cm³/mol. The summed E-state index contributed by atoms with van der Waals surface area (Å²) in [5, 5.41) is 32.8. The van der Waals surface area contributed by atoms with E-state index >= 15 is 0 Å². The molecule has 60 heavy (non-hydrogen) atoms. The number of amides is 2. The molecule has 0 rings (SSSR count). The van der Waals surface area contributed by atoms with Crippen molar-refractivity contribution in [2.75, 3.05) is 59.4 Å². The molecule has 2 amide bonds. The Morgan fingerprint density at radius 1 is 0.483 bits per heavy atom. The number of hydrogen-bond donors (Lipinski definition) is 5. The second-order valence-electron chi connectivity index (χ2n) is 15.4. The van der Waals surface area contributed by atoms with Gasteiger partial charge in [0.25, 0.3) is 0 Å². The lowest BCUT2D eigenvalue weighted by Crippen LogP contribution is -2.41. The quantitative estimate of drug-likeness (QED) is 0.0501. The van der Waals surface area contributed by atoms with Crippen LogP contribution in [0, 0.1) is 11.8 Å². The van der Waals surface area contributed by atoms with Crippen molar-refractivity contribution in [1.29, 1.82) is 0 Å². The van der Waals surface area contributed by atoms with Crippen molar-refractivity contribution >= 4 is 47.1 Å². The molecule has 0 aromatic carbocycles. The third-order valence-corrected chi connectivity index (χ3v) is 9.66. The average Bonchev–Trinajstić information content (AvgIpc) is 3.19. The molecular formula is C43H74N2O15. The van der Waals surface area contributed by atoms with Crippen LogP contribution in [0.3, 0.4) is 0 Å². The van der Waals surface area contributed by atoms with Gasteiger partial charge in [-0.25, -0.2) is 4.79 Å². The van der Waals surface area contributed by atoms with E-state index in [1.165, 1.54) is 0 Å². The molecule has 2 atom stereocenters. The van der Waals surface area contributed by atoms with Crippen molar-refractivity contribution in [3.8, 4) is 0 Å². The number of ketones is 3. The van der Waals surface area contributed by atoms with Gasteiger partial charge in [0, 0.05) is 57.6 Å². The Labute approximate surface area is 355 Å². The molecule has 0 saturated carbocycles. The highest BCUT2D eigenvalue weighted by molar-refractivity contribution is 5.86. The van der Waals surface area contributed by atoms with Gasteiger partial charge >= 0.3 is 17.9 Å². The van der Waals surface area contributed by atoms with E-state index in [0.29, 0.717) is 26.0 Å². The Bertz CT molecular complexity index is 1240. The molecule has 0 aliphatic heterocycles. The fourth-order valence-electron chi connectivity index (χ4n) is 5.94. The maximum atomic E-state index is 12.5. The number of rotatable bonds is 44. The zero-order chi connectivity index (χ0) is 44.8. The number of carboxylic acids is 3. The molecule has 17 heteroatoms. The number of carbonyl (C=O) groups is 8. The average molecular weight is 859 g/mol. The minimum Gasteiger partial charge on any atom is -0.481 e. The van der Waals surface area contributed by atoms with Crippen LogP contribution in [0.15, 0.2) is 0 Å². The highest BCUT2D eigenvalue weighted by Crippen LogP contribution is 2.17. The van der Waals surface area contributed by atoms with Gasteiger partial charge in [-0.15, -0.1) is 0 Å². The van der Waals surface area contributed by atoms with Gasteiger partial charge in [-0.05, 0) is 32.1 Å². The van der Waals surface area contributed by atoms with Crippen LogP contribution in [-0.4, -0.2) is 128 Å². The van der Waals surface area contributed by atoms with E-state index in [2.05, 4.69) is 10.6 Å². The van der Waals surface area contributed by atoms with Gasteiger partial charge in [-0.1, -0.05) is 78.1 Å². The van der Waals surface area contributed by atoms with E-state index in [1.807, 2.05) is 0 Å². The van der Waals surface area contributed by atoms with Crippen LogP contribution in [0.2, 0.25) is 0 Å². The molecule has 0 aliphatic carbocycles. The van der Waals surface area contributed by atoms with Gasteiger partial charge in [0.05, 0.1) is 39.0 Å². The molecule has 0 aromatic heterocycles. The number of carbonyl (C=O) groups excluding carboxylic acids is 5. The van der Waals surface area contributed by atoms with Crippen LogP contribution in [0.1, 0.15) is 149 Å². The van der Waals surface area contributed by atoms with E-state index < -0.39 is 35.8 Å². The maximum absolute atomic E-state index is 12.5. The molecule has 0 unspecified atom stereocenters. The van der Waals surface area contributed by atoms with E-state index in [0.717, 1.165) is 70.6 Å². The smallest absolute Gasteiger partial charge is 0.326 e. The Morgan fingerprint density at radius 2 is 1.00 bits per heavy atom. The molecule has 0 aliphatic rings. The Balaban J connectivity index is 4.00. The first-order chi connectivity index (χ1) is 28.7. The van der Waals surface area contributed by atoms with Crippen LogP contribution in [0.5, 0.6) is 0 Å². The third-order valence-electron chi connectivity index (χ3n) is 9.66. The van der Waals surface area contributed by atoms with Crippen LogP contribution in [0.25, 0.3) is 0 Å². The van der Waals surface area contributed by atoms with E-state index in [-0.39, 0.29) is 127 Å². The third kappa shape index (κ3) is 36.1. The van der Waals surface area contributed by atoms with Crippen molar-refractivity contribution < 1.29 is 72.6 Å². The van der Waals surface area contributed by atoms with E-state index in [4.69, 9.17) is 24.1 Å². The summed E-state index contributed by atoms with van der Waals surface area (Å²) in [4.78, 5) is 94.6. The number of Topliss-reactive ketones (excluding diaryl/α,β-unsaturated/α-hetero) is 3. The molecule has 0 fully saturated rings. The molecule has 0 radical (unpaired) electrons. The second kappa shape index (κ2) is 38.1. The number of hydrogen-bond acceptors (Lipinski definition) is 12. The molecule has 0 spiro atoms. The van der Waals surface area contributed by atoms with Gasteiger partial charge in [0.15, 0.2) is 5.78 Å². The zero-order valence-corrected chi connectivity index (χ0v) is 36.2. The van der Waals surface area contributed by atoms with Crippen LogP contribution in [0.4, 0.5) is 0 Å². The number of ether oxygens (including phenoxy) is 4. The largest absolute Gasteiger partial charge is 0.481 e. The molecule has 17 nitrogen and oxygen atoms in total. The lowest BCUT2D eigenvalue weighted by Gasteiger charge is -2.16. The Hall–Kier alpha value is -3.80. The summed E-state index contributed by atoms with van der Waals surface area (Å²) in [7, 11) is 0. The molecule has 0 heterocycles. The van der Waals surface area contributed by atoms with Gasteiger partial charge in [-0.2, -0.15) is 0 Å². The number of carboxylic acid groups (broad SMARTS) is 3. The number of aliphatic carboxylic acids is 3. The van der Waals surface area contributed by atoms with Crippen molar-refractivity contribution in [3.63, 3.8) is 0 Å². The molecular weight excluding hydrogens is 784 g/mol. The molecule has 5 N–H and O–H groups in total. The summed E-state index contributed by atoms with van der Waals surface area (Å²) in [5.41, 5.74) is 0. The lowest BCUT2D eigenvalue weighted by molar-refractivity contribution is -0.145. The second-order valence-corrected chi connectivity index (χ2v) is 15.4. The van der Waals surface area contributed by atoms with E-state index in [1.54, 1.807) is 13.8 Å². The summed E-state index contributed by atoms with van der Waals surface area (Å²) in [6.07, 6.45) is 12.4. The predicted octanol–water partition coefficient (Wildman–Crippen LogP) is 5.08. The maximum Gasteiger partial charge on any atom is 0.326 e. The fourth-order valence-corrected chi connectivity index (χ4v) is 5.94. The van der Waals surface area contributed by atoms with Gasteiger partial charge in [-0.3, -0.25) is 33.6 Å². The minimum absolute atomic E-state index is 0.0245. The minimum atomic E-state index is -1.32. The zero-order valence-electron chi connectivity index (χ0n) is 36.2. The molecule has 346 valence electrons. The Kier molecular flexibility index (Phi) is 35.7. The molecule has 0 bridgehead atoms. The number of unbranched alkanes of at least 4 members (excludes halogenated alkanes) is 11. The van der Waals surface area contributed by atoms with Crippen LogP contribution < -0.4 is 10.6 Å². The lowest BCUT2D eigenvalue weighted by atomic mass is 9.94. The van der Waals surface area contributed by atoms with Gasteiger partial charge in [0.2, 0.25) is 11.8 Å². The monoisotopic (exact) mass is 859 g/mol. The first-order valence-electron chi connectivity index (χ1n) is 21.8. The van der Waals surface area contributed by atoms with Crippen LogP contribution in [-0.2, 0) is 57.3 Å². The van der Waals surface area contributed by atoms with E-state index in [9.17, 15) is 48.6 Å². The van der Waals surface area contributed by atoms with Crippen molar-refractivity contribution in [3.05, 3.63) is 0 Å². The van der Waals surface area contributed by atoms with Crippen molar-refractivity contribution in [2.45, 2.75) is 155 Å². The topological polar surface area (TPSA) is 258 Å². The van der Waals surface area contributed by atoms with Crippen molar-refractivity contribution in [2.24, 2.45) is 11.8 Å². The molecule has 0 aromatic rings. The SMILES string of the molecule is CC(C)C(=O)COCCOCCNC(=O)COCCOCCCC(=O)CC[C@H](NC(=O)CC[C@H](CC(=O)CCCCCCCCCCCCCCC(=O)O)C(=O)O)C(=O)O. The highest BCUT2D eigenvalue weighted by Gasteiger charge is 2.25. The Morgan fingerprint density at radius 3 is 1.55 bits per heavy atom. The summed E-state index contributed by atoms with van der Waals surface area (Å²) in [6, 6.07) is -1.32. The summed E-state index contributed by atoms with van der Waals surface area (Å²) in [5.74, 6) is -5.71. The standard InChI is InChI=1S/C43H74N2O15/c1-33(2)38(48)31-59-28-27-58-25-23-44-40(50)32-60-29-26-57-24-15-17-35(46)20-21-37(43(55)56)45-39(49)22-19-34(42(53)54)30-36(47)16-13-11-9-7-5-3-4-6-8-10-12-14-18-41(51)52/h33-34,37H,3-32H2,1-2H3,(H,44,50)(H,45,49)(H,51,52)(H,53,54)(H,55,56)/t34-,37+/m1/s1. The summed E-state index contributed by atoms with van der Waals surface area (Å²) >= 11 is 0. The number of nitrogens with one attached hydrogen (secondary N) is 2. The first-order valence-corrected chi connectivity index (χ1v) is 21.8.